The van der Waals surface area contributed by atoms with E-state index in [2.05, 4.69) is 15.4 Å². The van der Waals surface area contributed by atoms with Crippen molar-refractivity contribution in [3.63, 3.8) is 0 Å². The Labute approximate surface area is 177 Å². The van der Waals surface area contributed by atoms with Crippen LogP contribution in [0.15, 0.2) is 61.2 Å². The van der Waals surface area contributed by atoms with Gasteiger partial charge in [0.15, 0.2) is 0 Å². The zero-order valence-corrected chi connectivity index (χ0v) is 16.5. The molecule has 2 aromatic carbocycles. The highest BCUT2D eigenvalue weighted by Crippen LogP contribution is 2.24. The first-order valence-electron chi connectivity index (χ1n) is 9.70. The molecule has 2 amide bonds. The number of nitrogens with two attached hydrogens (primary N) is 1. The van der Waals surface area contributed by atoms with Crippen molar-refractivity contribution in [3.05, 3.63) is 67.0 Å². The van der Waals surface area contributed by atoms with Gasteiger partial charge in [-0.05, 0) is 55.0 Å². The first kappa shape index (κ1) is 20.5. The van der Waals surface area contributed by atoms with E-state index in [-0.39, 0.29) is 30.2 Å². The predicted molar refractivity (Wildman–Crippen MR) is 110 cm³/mol. The third-order valence-corrected chi connectivity index (χ3v) is 4.89. The fraction of sp³-hybridized carbons (Fsp3) is 0.238. The Kier molecular flexibility index (Phi) is 5.89. The average molecular weight is 424 g/mol. The van der Waals surface area contributed by atoms with Crippen LogP contribution >= 0.6 is 0 Å². The third kappa shape index (κ3) is 5.04. The summed E-state index contributed by atoms with van der Waals surface area (Å²) in [5.74, 6) is 0.136. The van der Waals surface area contributed by atoms with Gasteiger partial charge >= 0.3 is 0 Å². The van der Waals surface area contributed by atoms with E-state index in [1.54, 1.807) is 24.3 Å². The number of likely N-dealkylation sites (tertiary alicyclic amines) is 1. The zero-order valence-electron chi connectivity index (χ0n) is 16.5. The number of carbonyl (C=O) groups is 2. The number of ether oxygens (including phenoxy) is 1. The normalized spacial score (nSPS) is 18.1. The Hall–Kier alpha value is -3.79. The summed E-state index contributed by atoms with van der Waals surface area (Å²) in [6.07, 6.45) is 3.16. The number of rotatable bonds is 6. The lowest BCUT2D eigenvalue weighted by molar-refractivity contribution is -0.137. The standard InChI is InChI=1S/C21H21FN6O3/c22-14-1-5-17(6-2-14)31-18-7-3-16(4-8-18)26-21(30)19-9-15(23)10-28(19)20(29)11-27-13-24-12-25-27/h1-8,12-13,15,19H,9-11,23H2,(H,26,30). The Morgan fingerprint density at radius 1 is 1.13 bits per heavy atom. The van der Waals surface area contributed by atoms with E-state index in [0.717, 1.165) is 0 Å². The van der Waals surface area contributed by atoms with Crippen molar-refractivity contribution in [2.45, 2.75) is 25.0 Å². The molecule has 2 atom stereocenters. The molecule has 9 nitrogen and oxygen atoms in total. The molecule has 1 saturated heterocycles. The number of anilines is 1. The minimum atomic E-state index is -0.666. The van der Waals surface area contributed by atoms with Crippen LogP contribution < -0.4 is 15.8 Å². The van der Waals surface area contributed by atoms with Crippen LogP contribution in [0.5, 0.6) is 11.5 Å². The van der Waals surface area contributed by atoms with Crippen molar-refractivity contribution < 1.29 is 18.7 Å². The second kappa shape index (κ2) is 8.92. The summed E-state index contributed by atoms with van der Waals surface area (Å²) in [6, 6.07) is 11.5. The number of benzene rings is 2. The molecule has 1 aliphatic rings. The predicted octanol–water partition coefficient (Wildman–Crippen LogP) is 1.78. The maximum Gasteiger partial charge on any atom is 0.247 e. The highest BCUT2D eigenvalue weighted by molar-refractivity contribution is 5.97. The minimum Gasteiger partial charge on any atom is -0.457 e. The summed E-state index contributed by atoms with van der Waals surface area (Å²) >= 11 is 0. The van der Waals surface area contributed by atoms with Crippen LogP contribution in [0.1, 0.15) is 6.42 Å². The van der Waals surface area contributed by atoms with Crippen molar-refractivity contribution >= 4 is 17.5 Å². The molecule has 0 spiro atoms. The Bertz CT molecular complexity index is 1040. The van der Waals surface area contributed by atoms with Crippen LogP contribution in [0.25, 0.3) is 0 Å². The van der Waals surface area contributed by atoms with Crippen molar-refractivity contribution in [2.75, 3.05) is 11.9 Å². The fourth-order valence-corrected chi connectivity index (χ4v) is 3.41. The molecule has 0 aliphatic carbocycles. The number of hydrogen-bond acceptors (Lipinski definition) is 6. The van der Waals surface area contributed by atoms with E-state index in [9.17, 15) is 14.0 Å². The van der Waals surface area contributed by atoms with Gasteiger partial charge in [-0.25, -0.2) is 14.1 Å². The maximum absolute atomic E-state index is 13.0. The molecule has 31 heavy (non-hydrogen) atoms. The van der Waals surface area contributed by atoms with Gasteiger partial charge in [0.05, 0.1) is 0 Å². The molecule has 1 aromatic heterocycles. The summed E-state index contributed by atoms with van der Waals surface area (Å²) in [4.78, 5) is 30.7. The lowest BCUT2D eigenvalue weighted by atomic mass is 10.1. The molecule has 1 fully saturated rings. The number of aromatic nitrogens is 3. The number of nitrogens with zero attached hydrogens (tertiary/aromatic N) is 4. The fourth-order valence-electron chi connectivity index (χ4n) is 3.41. The van der Waals surface area contributed by atoms with Gasteiger partial charge in [-0.15, -0.1) is 0 Å². The third-order valence-electron chi connectivity index (χ3n) is 4.89. The molecule has 10 heteroatoms. The highest BCUT2D eigenvalue weighted by Gasteiger charge is 2.38. The van der Waals surface area contributed by atoms with E-state index in [4.69, 9.17) is 10.5 Å². The van der Waals surface area contributed by atoms with Gasteiger partial charge in [-0.2, -0.15) is 5.10 Å². The molecule has 1 aliphatic heterocycles. The molecule has 0 saturated carbocycles. The van der Waals surface area contributed by atoms with Crippen molar-refractivity contribution in [1.82, 2.24) is 19.7 Å². The van der Waals surface area contributed by atoms with Gasteiger partial charge in [0, 0.05) is 18.3 Å². The number of carbonyl (C=O) groups excluding carboxylic acids is 2. The summed E-state index contributed by atoms with van der Waals surface area (Å²) < 4.78 is 20.0. The van der Waals surface area contributed by atoms with Gasteiger partial charge in [-0.3, -0.25) is 9.59 Å². The summed E-state index contributed by atoms with van der Waals surface area (Å²) in [5.41, 5.74) is 6.57. The largest absolute Gasteiger partial charge is 0.457 e. The average Bonchev–Trinajstić information content (AvgIpc) is 3.40. The first-order chi connectivity index (χ1) is 15.0. The van der Waals surface area contributed by atoms with Crippen LogP contribution in [0, 0.1) is 5.82 Å². The van der Waals surface area contributed by atoms with Gasteiger partial charge in [0.25, 0.3) is 0 Å². The number of halogens is 1. The molecule has 160 valence electrons. The van der Waals surface area contributed by atoms with Crippen LogP contribution in [0.2, 0.25) is 0 Å². The van der Waals surface area contributed by atoms with Crippen molar-refractivity contribution in [2.24, 2.45) is 5.73 Å². The number of amides is 2. The van der Waals surface area contributed by atoms with E-state index < -0.39 is 6.04 Å². The molecule has 3 N–H and O–H groups in total. The quantitative estimate of drug-likeness (QED) is 0.623. The van der Waals surface area contributed by atoms with E-state index in [1.807, 2.05) is 0 Å². The lowest BCUT2D eigenvalue weighted by Gasteiger charge is -2.23. The second-order valence-corrected chi connectivity index (χ2v) is 7.22. The monoisotopic (exact) mass is 424 g/mol. The Morgan fingerprint density at radius 3 is 2.45 bits per heavy atom. The lowest BCUT2D eigenvalue weighted by Crippen LogP contribution is -2.44. The van der Waals surface area contributed by atoms with Crippen molar-refractivity contribution in [1.29, 1.82) is 0 Å². The smallest absolute Gasteiger partial charge is 0.247 e. The van der Waals surface area contributed by atoms with Crippen molar-refractivity contribution in [3.8, 4) is 11.5 Å². The summed E-state index contributed by atoms with van der Waals surface area (Å²) in [5, 5.41) is 6.74. The van der Waals surface area contributed by atoms with Crippen LogP contribution in [-0.4, -0.2) is 50.1 Å². The molecule has 0 bridgehead atoms. The van der Waals surface area contributed by atoms with Gasteiger partial charge < -0.3 is 20.7 Å². The van der Waals surface area contributed by atoms with Crippen LogP contribution in [0.4, 0.5) is 10.1 Å². The zero-order chi connectivity index (χ0) is 21.8. The maximum atomic E-state index is 13.0. The number of nitrogens with one attached hydrogen (secondary N) is 1. The molecule has 2 heterocycles. The Balaban J connectivity index is 1.38. The molecule has 3 aromatic rings. The highest BCUT2D eigenvalue weighted by atomic mass is 19.1. The second-order valence-electron chi connectivity index (χ2n) is 7.22. The molecular weight excluding hydrogens is 403 g/mol. The van der Waals surface area contributed by atoms with E-state index in [0.29, 0.717) is 30.2 Å². The van der Waals surface area contributed by atoms with Gasteiger partial charge in [0.2, 0.25) is 11.8 Å². The molecule has 2 unspecified atom stereocenters. The first-order valence-corrected chi connectivity index (χ1v) is 9.70. The minimum absolute atomic E-state index is 0.00801. The van der Waals surface area contributed by atoms with E-state index >= 15 is 0 Å². The van der Waals surface area contributed by atoms with Gasteiger partial charge in [-0.1, -0.05) is 0 Å². The molecule has 0 radical (unpaired) electrons. The Morgan fingerprint density at radius 2 is 1.81 bits per heavy atom. The van der Waals surface area contributed by atoms with Crippen LogP contribution in [-0.2, 0) is 16.1 Å². The SMILES string of the molecule is NC1CC(C(=O)Nc2ccc(Oc3ccc(F)cc3)cc2)N(C(=O)Cn2cncn2)C1. The summed E-state index contributed by atoms with van der Waals surface area (Å²) in [7, 11) is 0. The van der Waals surface area contributed by atoms with E-state index in [1.165, 1.54) is 46.5 Å². The topological polar surface area (TPSA) is 115 Å². The molecule has 4 rings (SSSR count). The summed E-state index contributed by atoms with van der Waals surface area (Å²) in [6.45, 7) is 0.294. The van der Waals surface area contributed by atoms with Gasteiger partial charge in [0.1, 0.15) is 42.6 Å². The van der Waals surface area contributed by atoms with Crippen LogP contribution in [0.3, 0.4) is 0 Å². The molecular formula is C21H21FN6O3. The number of hydrogen-bond donors (Lipinski definition) is 2.